The Morgan fingerprint density at radius 1 is 1.16 bits per heavy atom. The molecule has 19 heavy (non-hydrogen) atoms. The van der Waals surface area contributed by atoms with Gasteiger partial charge in [-0.05, 0) is 69.0 Å². The Kier molecular flexibility index (Phi) is 6.53. The maximum absolute atomic E-state index is 5.77. The van der Waals surface area contributed by atoms with Crippen LogP contribution in [0.5, 0.6) is 0 Å². The average Bonchev–Trinajstić information content (AvgIpc) is 2.41. The zero-order valence-electron chi connectivity index (χ0n) is 13.3. The minimum Gasteiger partial charge on any atom is -0.330 e. The molecule has 0 spiro atoms. The lowest BCUT2D eigenvalue weighted by molar-refractivity contribution is 0.277. The van der Waals surface area contributed by atoms with Crippen molar-refractivity contribution in [3.63, 3.8) is 0 Å². The summed E-state index contributed by atoms with van der Waals surface area (Å²) in [5.74, 6) is 0.630. The van der Waals surface area contributed by atoms with Gasteiger partial charge in [0.05, 0.1) is 0 Å². The summed E-state index contributed by atoms with van der Waals surface area (Å²) < 4.78 is 0. The molecule has 108 valence electrons. The summed E-state index contributed by atoms with van der Waals surface area (Å²) >= 11 is 0. The van der Waals surface area contributed by atoms with Gasteiger partial charge in [0.1, 0.15) is 0 Å². The van der Waals surface area contributed by atoms with Crippen LogP contribution in [0.15, 0.2) is 12.1 Å². The minimum atomic E-state index is 0.630. The Hall–Kier alpha value is -0.860. The van der Waals surface area contributed by atoms with Crippen LogP contribution < -0.4 is 5.73 Å². The molecule has 2 heteroatoms. The van der Waals surface area contributed by atoms with Gasteiger partial charge in [-0.3, -0.25) is 0 Å². The van der Waals surface area contributed by atoms with Crippen LogP contribution in [-0.2, 0) is 6.42 Å². The standard InChI is InChI=1S/C17H30N2/c1-6-16(11-18)12-19(5)10-9-17-8-7-13(2)14(3)15(17)4/h7-8,16H,6,9-12,18H2,1-5H3. The molecule has 0 radical (unpaired) electrons. The first-order valence-electron chi connectivity index (χ1n) is 7.43. The third kappa shape index (κ3) is 4.63. The molecule has 0 aliphatic heterocycles. The normalized spacial score (nSPS) is 13.0. The van der Waals surface area contributed by atoms with Gasteiger partial charge in [0, 0.05) is 13.1 Å². The van der Waals surface area contributed by atoms with Crippen molar-refractivity contribution in [1.29, 1.82) is 0 Å². The molecule has 0 saturated heterocycles. The number of likely N-dealkylation sites (N-methyl/N-ethyl adjacent to an activating group) is 1. The van der Waals surface area contributed by atoms with Gasteiger partial charge in [-0.25, -0.2) is 0 Å². The quantitative estimate of drug-likeness (QED) is 0.818. The van der Waals surface area contributed by atoms with E-state index in [1.165, 1.54) is 28.7 Å². The summed E-state index contributed by atoms with van der Waals surface area (Å²) in [7, 11) is 2.20. The monoisotopic (exact) mass is 262 g/mol. The molecule has 0 fully saturated rings. The first kappa shape index (κ1) is 16.2. The summed E-state index contributed by atoms with van der Waals surface area (Å²) in [6, 6.07) is 4.53. The van der Waals surface area contributed by atoms with Crippen LogP contribution in [0.3, 0.4) is 0 Å². The van der Waals surface area contributed by atoms with E-state index in [0.29, 0.717) is 5.92 Å². The highest BCUT2D eigenvalue weighted by Gasteiger charge is 2.09. The number of nitrogens with two attached hydrogens (primary N) is 1. The highest BCUT2D eigenvalue weighted by Crippen LogP contribution is 2.17. The van der Waals surface area contributed by atoms with Gasteiger partial charge in [0.25, 0.3) is 0 Å². The molecule has 0 bridgehead atoms. The number of benzene rings is 1. The van der Waals surface area contributed by atoms with E-state index in [2.05, 4.69) is 51.8 Å². The summed E-state index contributed by atoms with van der Waals surface area (Å²) in [4.78, 5) is 2.41. The van der Waals surface area contributed by atoms with E-state index in [-0.39, 0.29) is 0 Å². The van der Waals surface area contributed by atoms with E-state index in [9.17, 15) is 0 Å². The van der Waals surface area contributed by atoms with Crippen LogP contribution in [0.2, 0.25) is 0 Å². The van der Waals surface area contributed by atoms with E-state index < -0.39 is 0 Å². The van der Waals surface area contributed by atoms with Crippen molar-refractivity contribution in [2.75, 3.05) is 26.7 Å². The molecule has 2 nitrogen and oxygen atoms in total. The van der Waals surface area contributed by atoms with Crippen molar-refractivity contribution in [3.8, 4) is 0 Å². The molecule has 1 aromatic carbocycles. The van der Waals surface area contributed by atoms with E-state index in [1.807, 2.05) is 0 Å². The molecule has 1 aromatic rings. The van der Waals surface area contributed by atoms with Gasteiger partial charge in [0.2, 0.25) is 0 Å². The zero-order chi connectivity index (χ0) is 14.4. The number of hydrogen-bond donors (Lipinski definition) is 1. The highest BCUT2D eigenvalue weighted by atomic mass is 15.1. The molecule has 0 heterocycles. The zero-order valence-corrected chi connectivity index (χ0v) is 13.3. The van der Waals surface area contributed by atoms with Crippen molar-refractivity contribution in [2.45, 2.75) is 40.5 Å². The van der Waals surface area contributed by atoms with Crippen LogP contribution >= 0.6 is 0 Å². The topological polar surface area (TPSA) is 29.3 Å². The van der Waals surface area contributed by atoms with E-state index >= 15 is 0 Å². The number of aryl methyl sites for hydroxylation is 1. The second-order valence-electron chi connectivity index (χ2n) is 5.81. The molecule has 0 saturated carbocycles. The van der Waals surface area contributed by atoms with Crippen LogP contribution in [0.1, 0.15) is 35.6 Å². The minimum absolute atomic E-state index is 0.630. The molecular formula is C17H30N2. The van der Waals surface area contributed by atoms with Crippen molar-refractivity contribution >= 4 is 0 Å². The average molecular weight is 262 g/mol. The molecule has 1 atom stereocenters. The molecule has 1 rings (SSSR count). The molecule has 0 aliphatic carbocycles. The fourth-order valence-electron chi connectivity index (χ4n) is 2.50. The first-order valence-corrected chi connectivity index (χ1v) is 7.43. The number of rotatable bonds is 7. The SMILES string of the molecule is CCC(CN)CN(C)CCc1ccc(C)c(C)c1C. The predicted molar refractivity (Wildman–Crippen MR) is 84.7 cm³/mol. The van der Waals surface area contributed by atoms with Crippen LogP contribution in [0.25, 0.3) is 0 Å². The number of hydrogen-bond acceptors (Lipinski definition) is 2. The molecule has 1 unspecified atom stereocenters. The lowest BCUT2D eigenvalue weighted by atomic mass is 9.97. The summed E-state index contributed by atoms with van der Waals surface area (Å²) in [6.07, 6.45) is 2.30. The van der Waals surface area contributed by atoms with Gasteiger partial charge < -0.3 is 10.6 Å². The molecular weight excluding hydrogens is 232 g/mol. The lowest BCUT2D eigenvalue weighted by Gasteiger charge is -2.22. The van der Waals surface area contributed by atoms with Gasteiger partial charge in [0.15, 0.2) is 0 Å². The van der Waals surface area contributed by atoms with Gasteiger partial charge >= 0.3 is 0 Å². The van der Waals surface area contributed by atoms with Gasteiger partial charge in [-0.1, -0.05) is 25.5 Å². The van der Waals surface area contributed by atoms with E-state index in [4.69, 9.17) is 5.73 Å². The van der Waals surface area contributed by atoms with Gasteiger partial charge in [-0.15, -0.1) is 0 Å². The second-order valence-corrected chi connectivity index (χ2v) is 5.81. The Morgan fingerprint density at radius 3 is 2.42 bits per heavy atom. The summed E-state index contributed by atoms with van der Waals surface area (Å²) in [6.45, 7) is 11.9. The highest BCUT2D eigenvalue weighted by molar-refractivity contribution is 5.38. The van der Waals surface area contributed by atoms with Gasteiger partial charge in [-0.2, -0.15) is 0 Å². The van der Waals surface area contributed by atoms with Crippen molar-refractivity contribution in [1.82, 2.24) is 4.90 Å². The van der Waals surface area contributed by atoms with Crippen LogP contribution in [-0.4, -0.2) is 31.6 Å². The fraction of sp³-hybridized carbons (Fsp3) is 0.647. The lowest BCUT2D eigenvalue weighted by Crippen LogP contribution is -2.31. The Balaban J connectivity index is 2.55. The maximum atomic E-state index is 5.77. The fourth-order valence-corrected chi connectivity index (χ4v) is 2.50. The van der Waals surface area contributed by atoms with Crippen LogP contribution in [0, 0.1) is 26.7 Å². The number of nitrogens with zero attached hydrogens (tertiary/aromatic N) is 1. The Labute approximate surface area is 119 Å². The largest absolute Gasteiger partial charge is 0.330 e. The molecule has 0 amide bonds. The second kappa shape index (κ2) is 7.66. The van der Waals surface area contributed by atoms with E-state index in [0.717, 1.165) is 26.1 Å². The third-order valence-electron chi connectivity index (χ3n) is 4.41. The smallest absolute Gasteiger partial charge is 0.00190 e. The maximum Gasteiger partial charge on any atom is 0.00190 e. The Bertz CT molecular complexity index is 394. The molecule has 0 aromatic heterocycles. The van der Waals surface area contributed by atoms with E-state index in [1.54, 1.807) is 0 Å². The first-order chi connectivity index (χ1) is 8.99. The Morgan fingerprint density at radius 2 is 1.84 bits per heavy atom. The van der Waals surface area contributed by atoms with Crippen molar-refractivity contribution in [3.05, 3.63) is 34.4 Å². The van der Waals surface area contributed by atoms with Crippen molar-refractivity contribution < 1.29 is 0 Å². The third-order valence-corrected chi connectivity index (χ3v) is 4.41. The molecule has 0 aliphatic rings. The predicted octanol–water partition coefficient (Wildman–Crippen LogP) is 3.07. The summed E-state index contributed by atoms with van der Waals surface area (Å²) in [5, 5.41) is 0. The molecule has 2 N–H and O–H groups in total. The van der Waals surface area contributed by atoms with Crippen LogP contribution in [0.4, 0.5) is 0 Å². The summed E-state index contributed by atoms with van der Waals surface area (Å²) in [5.41, 5.74) is 11.5. The van der Waals surface area contributed by atoms with Crippen molar-refractivity contribution in [2.24, 2.45) is 11.7 Å².